The van der Waals surface area contributed by atoms with E-state index in [9.17, 15) is 19.2 Å². The Morgan fingerprint density at radius 2 is 1.77 bits per heavy atom. The summed E-state index contributed by atoms with van der Waals surface area (Å²) in [4.78, 5) is 57.2. The highest BCUT2D eigenvalue weighted by Gasteiger charge is 2.37. The van der Waals surface area contributed by atoms with Gasteiger partial charge in [-0.2, -0.15) is 0 Å². The number of aryl methyl sites for hydroxylation is 2. The summed E-state index contributed by atoms with van der Waals surface area (Å²) in [7, 11) is 4.44. The van der Waals surface area contributed by atoms with Crippen molar-refractivity contribution in [1.82, 2.24) is 28.9 Å². The second-order valence-electron chi connectivity index (χ2n) is 8.28. The van der Waals surface area contributed by atoms with Crippen molar-refractivity contribution < 1.29 is 14.3 Å². The van der Waals surface area contributed by atoms with Crippen LogP contribution in [0.4, 0.5) is 4.79 Å². The minimum Gasteiger partial charge on any atom is -0.463 e. The number of halogens is 1. The summed E-state index contributed by atoms with van der Waals surface area (Å²) in [5.74, 6) is -0.583. The first kappa shape index (κ1) is 24.5. The van der Waals surface area contributed by atoms with Gasteiger partial charge in [0, 0.05) is 21.1 Å². The quantitative estimate of drug-likeness (QED) is 0.385. The number of ether oxygens (including phenoxy) is 1. The van der Waals surface area contributed by atoms with Crippen molar-refractivity contribution in [2.75, 3.05) is 13.7 Å². The molecule has 1 aliphatic rings. The van der Waals surface area contributed by atoms with Crippen LogP contribution < -0.4 is 16.6 Å². The van der Waals surface area contributed by atoms with E-state index in [1.807, 2.05) is 31.2 Å². The predicted octanol–water partition coefficient (Wildman–Crippen LogP) is 1.72. The van der Waals surface area contributed by atoms with Crippen LogP contribution in [-0.4, -0.2) is 49.2 Å². The maximum atomic E-state index is 13.2. The van der Waals surface area contributed by atoms with Gasteiger partial charge < -0.3 is 14.6 Å². The zero-order chi connectivity index (χ0) is 25.6. The van der Waals surface area contributed by atoms with Crippen molar-refractivity contribution in [1.29, 1.82) is 0 Å². The molecule has 3 aromatic rings. The number of hydrogen-bond acceptors (Lipinski definition) is 6. The molecule has 11 nitrogen and oxygen atoms in total. The topological polar surface area (TPSA) is 120 Å². The highest BCUT2D eigenvalue weighted by atomic mass is 79.9. The van der Waals surface area contributed by atoms with Crippen molar-refractivity contribution >= 4 is 39.1 Å². The third-order valence-corrected chi connectivity index (χ3v) is 6.70. The largest absolute Gasteiger partial charge is 0.463 e. The lowest BCUT2D eigenvalue weighted by Gasteiger charge is -2.35. The van der Waals surface area contributed by atoms with Gasteiger partial charge in [-0.3, -0.25) is 18.8 Å². The van der Waals surface area contributed by atoms with E-state index >= 15 is 0 Å². The first-order valence-corrected chi connectivity index (χ1v) is 11.7. The molecule has 0 saturated carbocycles. The number of fused-ring (bicyclic) bond motifs is 1. The fraction of sp³-hybridized carbons (Fsp3) is 0.348. The molecule has 12 heteroatoms. The number of allylic oxidation sites excluding steroid dienone is 1. The Kier molecular flexibility index (Phi) is 6.41. The van der Waals surface area contributed by atoms with E-state index in [4.69, 9.17) is 4.74 Å². The number of amides is 2. The Balaban J connectivity index is 1.98. The van der Waals surface area contributed by atoms with Crippen molar-refractivity contribution in [2.45, 2.75) is 26.4 Å². The molecule has 0 spiro atoms. The smallest absolute Gasteiger partial charge is 0.338 e. The van der Waals surface area contributed by atoms with Crippen LogP contribution in [0.25, 0.3) is 11.2 Å². The fourth-order valence-electron chi connectivity index (χ4n) is 4.12. The molecule has 0 fully saturated rings. The number of esters is 1. The molecule has 1 aliphatic heterocycles. The molecule has 184 valence electrons. The summed E-state index contributed by atoms with van der Waals surface area (Å²) in [5.41, 5.74) is 1.61. The molecule has 0 radical (unpaired) electrons. The van der Waals surface area contributed by atoms with Crippen molar-refractivity contribution in [3.05, 3.63) is 72.2 Å². The van der Waals surface area contributed by atoms with Gasteiger partial charge in [-0.05, 0) is 35.3 Å². The number of benzene rings is 1. The number of rotatable bonds is 5. The second kappa shape index (κ2) is 9.17. The van der Waals surface area contributed by atoms with Gasteiger partial charge in [0.05, 0.1) is 30.5 Å². The van der Waals surface area contributed by atoms with Gasteiger partial charge in [-0.25, -0.2) is 19.4 Å². The van der Waals surface area contributed by atoms with E-state index < -0.39 is 29.3 Å². The van der Waals surface area contributed by atoms with Gasteiger partial charge >= 0.3 is 17.7 Å². The fourth-order valence-corrected chi connectivity index (χ4v) is 4.59. The van der Waals surface area contributed by atoms with Crippen molar-refractivity contribution in [2.24, 2.45) is 14.1 Å². The minimum absolute atomic E-state index is 0.0506. The van der Waals surface area contributed by atoms with Crippen molar-refractivity contribution in [3.63, 3.8) is 0 Å². The highest BCUT2D eigenvalue weighted by molar-refractivity contribution is 9.10. The van der Waals surface area contributed by atoms with Crippen LogP contribution >= 0.6 is 15.9 Å². The summed E-state index contributed by atoms with van der Waals surface area (Å²) in [6, 6.07) is 6.31. The van der Waals surface area contributed by atoms with E-state index in [0.717, 1.165) is 10.1 Å². The van der Waals surface area contributed by atoms with Crippen LogP contribution in [0.3, 0.4) is 0 Å². The van der Waals surface area contributed by atoms with E-state index in [0.29, 0.717) is 11.3 Å². The number of aromatic nitrogens is 4. The van der Waals surface area contributed by atoms with Gasteiger partial charge in [0.25, 0.3) is 5.56 Å². The lowest BCUT2D eigenvalue weighted by atomic mass is 9.94. The number of urea groups is 1. The number of nitrogens with one attached hydrogen (secondary N) is 1. The van der Waals surface area contributed by atoms with Crippen molar-refractivity contribution in [3.8, 4) is 0 Å². The molecular weight excluding hydrogens is 520 g/mol. The predicted molar refractivity (Wildman–Crippen MR) is 132 cm³/mol. The number of likely N-dealkylation sites (N-methyl/N-ethyl adjacent to an activating group) is 1. The first-order chi connectivity index (χ1) is 16.6. The van der Waals surface area contributed by atoms with Gasteiger partial charge in [-0.1, -0.05) is 29.8 Å². The normalized spacial score (nSPS) is 16.1. The van der Waals surface area contributed by atoms with E-state index in [1.54, 1.807) is 6.92 Å². The molecule has 2 aromatic heterocycles. The molecule has 0 saturated heterocycles. The molecule has 3 heterocycles. The van der Waals surface area contributed by atoms with Gasteiger partial charge in [0.15, 0.2) is 15.9 Å². The molecule has 1 aromatic carbocycles. The Hall–Kier alpha value is -3.67. The molecule has 4 rings (SSSR count). The molecule has 0 bridgehead atoms. The zero-order valence-corrected chi connectivity index (χ0v) is 21.5. The summed E-state index contributed by atoms with van der Waals surface area (Å²) < 4.78 is 9.42. The van der Waals surface area contributed by atoms with Crippen LogP contribution in [0.15, 0.2) is 49.9 Å². The number of imidazole rings is 1. The monoisotopic (exact) mass is 544 g/mol. The van der Waals surface area contributed by atoms with Gasteiger partial charge in [-0.15, -0.1) is 0 Å². The summed E-state index contributed by atoms with van der Waals surface area (Å²) in [6.45, 7) is 3.74. The first-order valence-electron chi connectivity index (χ1n) is 10.9. The Morgan fingerprint density at radius 3 is 2.40 bits per heavy atom. The molecule has 1 atom stereocenters. The van der Waals surface area contributed by atoms with E-state index in [2.05, 4.69) is 26.2 Å². The second-order valence-corrected chi connectivity index (χ2v) is 8.99. The molecule has 1 N–H and O–H groups in total. The average Bonchev–Trinajstić information content (AvgIpc) is 3.15. The SMILES string of the molecule is CCOC(=O)C1=C(Cn2c(Br)nc3c2c(=O)n(C)c(=O)n3C)N(C)C(=O)N[C@@H]1c1ccc(C)cc1. The third-order valence-electron chi connectivity index (χ3n) is 6.09. The zero-order valence-electron chi connectivity index (χ0n) is 20.0. The van der Waals surface area contributed by atoms with E-state index in [-0.39, 0.29) is 34.6 Å². The number of carbonyl (C=O) groups is 2. The molecule has 35 heavy (non-hydrogen) atoms. The lowest BCUT2D eigenvalue weighted by Crippen LogP contribution is -2.47. The molecule has 0 aliphatic carbocycles. The lowest BCUT2D eigenvalue weighted by molar-refractivity contribution is -0.139. The van der Waals surface area contributed by atoms with Gasteiger partial charge in [0.1, 0.15) is 0 Å². The Morgan fingerprint density at radius 1 is 1.11 bits per heavy atom. The van der Waals surface area contributed by atoms with Gasteiger partial charge in [0.2, 0.25) is 0 Å². The molecule has 2 amide bonds. The number of hydrogen-bond donors (Lipinski definition) is 1. The summed E-state index contributed by atoms with van der Waals surface area (Å²) >= 11 is 3.38. The van der Waals surface area contributed by atoms with Crippen LogP contribution in [0.2, 0.25) is 0 Å². The highest BCUT2D eigenvalue weighted by Crippen LogP contribution is 2.33. The summed E-state index contributed by atoms with van der Waals surface area (Å²) in [6.07, 6.45) is 0. The maximum Gasteiger partial charge on any atom is 0.338 e. The van der Waals surface area contributed by atoms with Crippen LogP contribution in [0.5, 0.6) is 0 Å². The summed E-state index contributed by atoms with van der Waals surface area (Å²) in [5, 5.41) is 2.87. The molecular formula is C23H25BrN6O5. The third kappa shape index (κ3) is 4.07. The Labute approximate surface area is 208 Å². The maximum absolute atomic E-state index is 13.2. The average molecular weight is 545 g/mol. The standard InChI is InChI=1S/C23H25BrN6O5/c1-6-35-20(32)15-14(27(3)22(33)25-16(15)13-9-7-12(2)8-10-13)11-30-17-18(26-21(30)24)28(4)23(34)29(5)19(17)31/h7-10,16H,6,11H2,1-5H3,(H,25,33)/t16-/m1/s1. The van der Waals surface area contributed by atoms with E-state index in [1.165, 1.54) is 35.2 Å². The van der Waals surface area contributed by atoms with Crippen LogP contribution in [-0.2, 0) is 30.2 Å². The number of carbonyl (C=O) groups excluding carboxylic acids is 2. The van der Waals surface area contributed by atoms with Crippen LogP contribution in [0.1, 0.15) is 24.1 Å². The molecule has 0 unspecified atom stereocenters. The minimum atomic E-state index is -0.755. The van der Waals surface area contributed by atoms with Crippen LogP contribution in [0, 0.1) is 6.92 Å². The number of nitrogens with zero attached hydrogens (tertiary/aromatic N) is 5. The Bertz CT molecular complexity index is 1500.